The molecule has 0 radical (unpaired) electrons. The van der Waals surface area contributed by atoms with Crippen molar-refractivity contribution >= 4 is 28.5 Å². The minimum Gasteiger partial charge on any atom is -0.456 e. The molecular formula is C15H8ClF3O2S. The predicted octanol–water partition coefficient (Wildman–Crippen LogP) is 5.54. The molecule has 22 heavy (non-hydrogen) atoms. The second kappa shape index (κ2) is 5.52. The Labute approximate surface area is 133 Å². The normalized spacial score (nSPS) is 14.1. The minimum atomic E-state index is -4.45. The zero-order chi connectivity index (χ0) is 15.9. The quantitative estimate of drug-likeness (QED) is 0.715. The van der Waals surface area contributed by atoms with Gasteiger partial charge in [-0.05, 0) is 42.0 Å². The fraction of sp³-hybridized carbons (Fsp3) is 0.133. The number of ether oxygens (including phenoxy) is 1. The highest BCUT2D eigenvalue weighted by Gasteiger charge is 2.31. The van der Waals surface area contributed by atoms with Gasteiger partial charge >= 0.3 is 6.18 Å². The fourth-order valence-corrected chi connectivity index (χ4v) is 3.16. The van der Waals surface area contributed by atoms with Gasteiger partial charge in [0.25, 0.3) is 0 Å². The smallest absolute Gasteiger partial charge is 0.416 e. The number of carbonyl (C=O) groups excluding carboxylic acids is 1. The molecule has 0 aromatic heterocycles. The van der Waals surface area contributed by atoms with Crippen molar-refractivity contribution in [3.8, 4) is 11.5 Å². The van der Waals surface area contributed by atoms with Gasteiger partial charge in [-0.1, -0.05) is 23.4 Å². The van der Waals surface area contributed by atoms with E-state index in [1.165, 1.54) is 17.8 Å². The Kier molecular flexibility index (Phi) is 3.82. The van der Waals surface area contributed by atoms with Crippen molar-refractivity contribution in [1.29, 1.82) is 0 Å². The fourth-order valence-electron chi connectivity index (χ4n) is 2.06. The van der Waals surface area contributed by atoms with Gasteiger partial charge in [-0.15, -0.1) is 0 Å². The van der Waals surface area contributed by atoms with Crippen LogP contribution in [0, 0.1) is 0 Å². The number of thioether (sulfide) groups is 1. The maximum atomic E-state index is 12.6. The summed E-state index contributed by atoms with van der Waals surface area (Å²) >= 11 is 7.05. The molecule has 7 heteroatoms. The highest BCUT2D eigenvalue weighted by molar-refractivity contribution is 8.13. The molecule has 2 aromatic rings. The number of halogens is 4. The van der Waals surface area contributed by atoms with E-state index in [-0.39, 0.29) is 15.9 Å². The SMILES string of the molecule is O=C1SCc2cc(Oc3ccc(C(F)(F)F)cc3Cl)ccc21. The van der Waals surface area contributed by atoms with Crippen LogP contribution in [0.2, 0.25) is 5.02 Å². The lowest BCUT2D eigenvalue weighted by atomic mass is 10.1. The van der Waals surface area contributed by atoms with E-state index in [1.807, 2.05) is 0 Å². The van der Waals surface area contributed by atoms with E-state index in [0.717, 1.165) is 17.7 Å². The molecule has 0 amide bonds. The third-order valence-electron chi connectivity index (χ3n) is 3.14. The first kappa shape index (κ1) is 15.2. The molecule has 114 valence electrons. The van der Waals surface area contributed by atoms with Crippen molar-refractivity contribution in [2.45, 2.75) is 11.9 Å². The summed E-state index contributed by atoms with van der Waals surface area (Å²) in [6, 6.07) is 7.85. The monoisotopic (exact) mass is 344 g/mol. The van der Waals surface area contributed by atoms with Crippen LogP contribution in [0.4, 0.5) is 13.2 Å². The Morgan fingerprint density at radius 1 is 1.14 bits per heavy atom. The Balaban J connectivity index is 1.86. The topological polar surface area (TPSA) is 26.3 Å². The van der Waals surface area contributed by atoms with Gasteiger partial charge in [0.1, 0.15) is 11.5 Å². The zero-order valence-electron chi connectivity index (χ0n) is 10.9. The van der Waals surface area contributed by atoms with Crippen LogP contribution in [-0.4, -0.2) is 5.12 Å². The van der Waals surface area contributed by atoms with Crippen LogP contribution in [0.15, 0.2) is 36.4 Å². The lowest BCUT2D eigenvalue weighted by Crippen LogP contribution is -2.04. The predicted molar refractivity (Wildman–Crippen MR) is 78.6 cm³/mol. The van der Waals surface area contributed by atoms with Gasteiger partial charge in [0.05, 0.1) is 10.6 Å². The van der Waals surface area contributed by atoms with Crippen molar-refractivity contribution in [2.24, 2.45) is 0 Å². The van der Waals surface area contributed by atoms with E-state index < -0.39 is 11.7 Å². The second-order valence-electron chi connectivity index (χ2n) is 4.64. The summed E-state index contributed by atoms with van der Waals surface area (Å²) in [6.45, 7) is 0. The van der Waals surface area contributed by atoms with E-state index in [1.54, 1.807) is 18.2 Å². The summed E-state index contributed by atoms with van der Waals surface area (Å²) in [5.74, 6) is 1.12. The Bertz CT molecular complexity index is 759. The molecule has 3 rings (SSSR count). The maximum absolute atomic E-state index is 12.6. The summed E-state index contributed by atoms with van der Waals surface area (Å²) in [7, 11) is 0. The first-order chi connectivity index (χ1) is 10.3. The Morgan fingerprint density at radius 3 is 2.59 bits per heavy atom. The van der Waals surface area contributed by atoms with E-state index >= 15 is 0 Å². The first-order valence-corrected chi connectivity index (χ1v) is 7.55. The molecule has 0 saturated heterocycles. The van der Waals surface area contributed by atoms with Crippen molar-refractivity contribution < 1.29 is 22.7 Å². The number of hydrogen-bond donors (Lipinski definition) is 0. The summed E-state index contributed by atoms with van der Waals surface area (Å²) in [6.07, 6.45) is -4.45. The van der Waals surface area contributed by atoms with E-state index in [2.05, 4.69) is 0 Å². The van der Waals surface area contributed by atoms with Crippen molar-refractivity contribution in [1.82, 2.24) is 0 Å². The van der Waals surface area contributed by atoms with Gasteiger partial charge in [0.15, 0.2) is 0 Å². The van der Waals surface area contributed by atoms with Crippen molar-refractivity contribution in [2.75, 3.05) is 0 Å². The minimum absolute atomic E-state index is 0.00844. The molecule has 2 aromatic carbocycles. The van der Waals surface area contributed by atoms with Gasteiger partial charge in [0.2, 0.25) is 5.12 Å². The van der Waals surface area contributed by atoms with Crippen LogP contribution in [-0.2, 0) is 11.9 Å². The lowest BCUT2D eigenvalue weighted by molar-refractivity contribution is -0.137. The number of carbonyl (C=O) groups is 1. The first-order valence-electron chi connectivity index (χ1n) is 6.19. The van der Waals surface area contributed by atoms with Crippen LogP contribution >= 0.6 is 23.4 Å². The van der Waals surface area contributed by atoms with Gasteiger partial charge in [0, 0.05) is 11.3 Å². The van der Waals surface area contributed by atoms with Crippen molar-refractivity contribution in [3.63, 3.8) is 0 Å². The Hall–Kier alpha value is -1.66. The summed E-state index contributed by atoms with van der Waals surface area (Å²) in [5.41, 5.74) is 0.646. The lowest BCUT2D eigenvalue weighted by Gasteiger charge is -2.11. The van der Waals surface area contributed by atoms with Crippen LogP contribution in [0.1, 0.15) is 21.5 Å². The van der Waals surface area contributed by atoms with Crippen LogP contribution in [0.25, 0.3) is 0 Å². The maximum Gasteiger partial charge on any atom is 0.416 e. The molecule has 1 heterocycles. The summed E-state index contributed by atoms with van der Waals surface area (Å²) in [5, 5.41) is -0.116. The molecular weight excluding hydrogens is 337 g/mol. The third kappa shape index (κ3) is 2.94. The molecule has 0 unspecified atom stereocenters. The number of hydrogen-bond acceptors (Lipinski definition) is 3. The van der Waals surface area contributed by atoms with Crippen LogP contribution in [0.3, 0.4) is 0 Å². The van der Waals surface area contributed by atoms with Crippen LogP contribution in [0.5, 0.6) is 11.5 Å². The number of alkyl halides is 3. The molecule has 0 atom stereocenters. The molecule has 1 aliphatic heterocycles. The van der Waals surface area contributed by atoms with E-state index in [4.69, 9.17) is 16.3 Å². The summed E-state index contributed by atoms with van der Waals surface area (Å²) in [4.78, 5) is 11.5. The molecule has 0 spiro atoms. The van der Waals surface area contributed by atoms with Gasteiger partial charge in [-0.3, -0.25) is 4.79 Å². The molecule has 0 saturated carbocycles. The largest absolute Gasteiger partial charge is 0.456 e. The number of fused-ring (bicyclic) bond motifs is 1. The molecule has 0 fully saturated rings. The average molecular weight is 345 g/mol. The number of benzene rings is 2. The number of rotatable bonds is 2. The van der Waals surface area contributed by atoms with Gasteiger partial charge in [-0.2, -0.15) is 13.2 Å². The van der Waals surface area contributed by atoms with Crippen LogP contribution < -0.4 is 4.74 Å². The molecule has 2 nitrogen and oxygen atoms in total. The third-order valence-corrected chi connectivity index (χ3v) is 4.38. The average Bonchev–Trinajstić information content (AvgIpc) is 2.81. The molecule has 0 bridgehead atoms. The molecule has 0 aliphatic carbocycles. The highest BCUT2D eigenvalue weighted by atomic mass is 35.5. The highest BCUT2D eigenvalue weighted by Crippen LogP contribution is 2.38. The Morgan fingerprint density at radius 2 is 1.91 bits per heavy atom. The standard InChI is InChI=1S/C15H8ClF3O2S/c16-12-6-9(15(17,18)19)1-4-13(12)21-10-2-3-11-8(5-10)7-22-14(11)20/h1-6H,7H2. The zero-order valence-corrected chi connectivity index (χ0v) is 12.5. The van der Waals surface area contributed by atoms with E-state index in [0.29, 0.717) is 17.1 Å². The molecule has 1 aliphatic rings. The van der Waals surface area contributed by atoms with Gasteiger partial charge < -0.3 is 4.74 Å². The second-order valence-corrected chi connectivity index (χ2v) is 6.00. The summed E-state index contributed by atoms with van der Waals surface area (Å²) < 4.78 is 43.3. The van der Waals surface area contributed by atoms with Gasteiger partial charge in [-0.25, -0.2) is 0 Å². The van der Waals surface area contributed by atoms with Crippen molar-refractivity contribution in [3.05, 3.63) is 58.1 Å². The molecule has 0 N–H and O–H groups in total. The van der Waals surface area contributed by atoms with E-state index in [9.17, 15) is 18.0 Å².